The fourth-order valence-corrected chi connectivity index (χ4v) is 1.64. The molecule has 0 aromatic carbocycles. The van der Waals surface area contributed by atoms with Crippen LogP contribution in [0.15, 0.2) is 6.07 Å². The molecule has 1 aromatic rings. The van der Waals surface area contributed by atoms with E-state index in [1.807, 2.05) is 6.07 Å². The number of likely N-dealkylation sites (N-methyl/N-ethyl adjacent to an activating group) is 1. The van der Waals surface area contributed by atoms with Crippen molar-refractivity contribution in [2.24, 2.45) is 0 Å². The largest absolute Gasteiger partial charge is 0.384 e. The summed E-state index contributed by atoms with van der Waals surface area (Å²) in [6.07, 6.45) is 1.88. The van der Waals surface area contributed by atoms with Crippen molar-refractivity contribution in [3.63, 3.8) is 0 Å². The predicted molar refractivity (Wildman–Crippen MR) is 70.2 cm³/mol. The quantitative estimate of drug-likeness (QED) is 0.779. The third-order valence-corrected chi connectivity index (χ3v) is 2.52. The van der Waals surface area contributed by atoms with Crippen molar-refractivity contribution in [2.75, 3.05) is 37.4 Å². The molecule has 0 aliphatic heterocycles. The van der Waals surface area contributed by atoms with E-state index in [0.29, 0.717) is 12.4 Å². The summed E-state index contributed by atoms with van der Waals surface area (Å²) in [7, 11) is 1.70. The van der Waals surface area contributed by atoms with Crippen LogP contribution in [0.2, 0.25) is 0 Å². The van der Waals surface area contributed by atoms with Crippen LogP contribution in [-0.4, -0.2) is 36.8 Å². The lowest BCUT2D eigenvalue weighted by atomic mass is 10.3. The smallest absolute Gasteiger partial charge is 0.134 e. The van der Waals surface area contributed by atoms with E-state index < -0.39 is 0 Å². The summed E-state index contributed by atoms with van der Waals surface area (Å²) in [5, 5.41) is 0. The minimum absolute atomic E-state index is 0.536. The molecule has 0 radical (unpaired) electrons. The Morgan fingerprint density at radius 1 is 1.35 bits per heavy atom. The highest BCUT2D eigenvalue weighted by molar-refractivity contribution is 5.46. The number of hydrogen-bond donors (Lipinski definition) is 1. The molecule has 17 heavy (non-hydrogen) atoms. The number of nitrogens with zero attached hydrogens (tertiary/aromatic N) is 3. The van der Waals surface area contributed by atoms with Crippen LogP contribution in [0, 0.1) is 0 Å². The highest BCUT2D eigenvalue weighted by Gasteiger charge is 2.08. The second-order valence-electron chi connectivity index (χ2n) is 3.89. The van der Waals surface area contributed by atoms with E-state index in [1.165, 1.54) is 0 Å². The van der Waals surface area contributed by atoms with Gasteiger partial charge in [0.25, 0.3) is 0 Å². The van der Waals surface area contributed by atoms with Crippen LogP contribution in [0.4, 0.5) is 11.6 Å². The second-order valence-corrected chi connectivity index (χ2v) is 3.89. The van der Waals surface area contributed by atoms with Crippen LogP contribution in [0.1, 0.15) is 26.1 Å². The average Bonchev–Trinajstić information content (AvgIpc) is 2.30. The Balaban J connectivity index is 2.85. The predicted octanol–water partition coefficient (Wildman–Crippen LogP) is 1.48. The SMILES string of the molecule is CCCc1nc(N)cc(N(CC)CCOC)n1. The van der Waals surface area contributed by atoms with Gasteiger partial charge in [0.05, 0.1) is 6.61 Å². The van der Waals surface area contributed by atoms with Gasteiger partial charge in [0.15, 0.2) is 0 Å². The maximum Gasteiger partial charge on any atom is 0.134 e. The number of hydrogen-bond acceptors (Lipinski definition) is 5. The monoisotopic (exact) mass is 238 g/mol. The van der Waals surface area contributed by atoms with Gasteiger partial charge in [0, 0.05) is 32.7 Å². The summed E-state index contributed by atoms with van der Waals surface area (Å²) in [5.41, 5.74) is 5.80. The Morgan fingerprint density at radius 3 is 2.71 bits per heavy atom. The zero-order valence-electron chi connectivity index (χ0n) is 10.9. The van der Waals surface area contributed by atoms with Crippen molar-refractivity contribution in [1.82, 2.24) is 9.97 Å². The molecule has 0 bridgehead atoms. The lowest BCUT2D eigenvalue weighted by molar-refractivity contribution is 0.205. The standard InChI is InChI=1S/C12H22N4O/c1-4-6-11-14-10(13)9-12(15-11)16(5-2)7-8-17-3/h9H,4-8H2,1-3H3,(H2,13,14,15). The molecule has 0 amide bonds. The maximum absolute atomic E-state index is 5.80. The first-order chi connectivity index (χ1) is 8.21. The Hall–Kier alpha value is -1.36. The van der Waals surface area contributed by atoms with E-state index in [0.717, 1.165) is 37.6 Å². The Kier molecular flexibility index (Phi) is 5.69. The van der Waals surface area contributed by atoms with Gasteiger partial charge in [-0.3, -0.25) is 0 Å². The van der Waals surface area contributed by atoms with Gasteiger partial charge < -0.3 is 15.4 Å². The van der Waals surface area contributed by atoms with Crippen LogP contribution in [-0.2, 0) is 11.2 Å². The topological polar surface area (TPSA) is 64.3 Å². The van der Waals surface area contributed by atoms with Crippen LogP contribution >= 0.6 is 0 Å². The van der Waals surface area contributed by atoms with Crippen molar-refractivity contribution in [2.45, 2.75) is 26.7 Å². The minimum atomic E-state index is 0.536. The van der Waals surface area contributed by atoms with Crippen LogP contribution in [0.5, 0.6) is 0 Å². The number of nitrogens with two attached hydrogens (primary N) is 1. The molecule has 0 spiro atoms. The highest BCUT2D eigenvalue weighted by atomic mass is 16.5. The molecule has 5 nitrogen and oxygen atoms in total. The maximum atomic E-state index is 5.80. The van der Waals surface area contributed by atoms with Gasteiger partial charge in [-0.1, -0.05) is 6.92 Å². The number of anilines is 2. The van der Waals surface area contributed by atoms with Gasteiger partial charge in [0.1, 0.15) is 17.5 Å². The van der Waals surface area contributed by atoms with E-state index in [2.05, 4.69) is 28.7 Å². The lowest BCUT2D eigenvalue weighted by Gasteiger charge is -2.22. The molecule has 0 unspecified atom stereocenters. The molecule has 0 saturated heterocycles. The minimum Gasteiger partial charge on any atom is -0.384 e. The average molecular weight is 238 g/mol. The molecule has 2 N–H and O–H groups in total. The van der Waals surface area contributed by atoms with Crippen LogP contribution < -0.4 is 10.6 Å². The van der Waals surface area contributed by atoms with Crippen molar-refractivity contribution in [1.29, 1.82) is 0 Å². The highest BCUT2D eigenvalue weighted by Crippen LogP contribution is 2.14. The molecule has 5 heteroatoms. The molecule has 0 saturated carbocycles. The van der Waals surface area contributed by atoms with Gasteiger partial charge in [-0.2, -0.15) is 0 Å². The number of methoxy groups -OCH3 is 1. The zero-order chi connectivity index (χ0) is 12.7. The van der Waals surface area contributed by atoms with Crippen molar-refractivity contribution < 1.29 is 4.74 Å². The summed E-state index contributed by atoms with van der Waals surface area (Å²) >= 11 is 0. The van der Waals surface area contributed by atoms with Gasteiger partial charge in [-0.15, -0.1) is 0 Å². The van der Waals surface area contributed by atoms with Gasteiger partial charge >= 0.3 is 0 Å². The summed E-state index contributed by atoms with van der Waals surface area (Å²) in [5.74, 6) is 2.24. The van der Waals surface area contributed by atoms with E-state index >= 15 is 0 Å². The van der Waals surface area contributed by atoms with Crippen LogP contribution in [0.3, 0.4) is 0 Å². The lowest BCUT2D eigenvalue weighted by Crippen LogP contribution is -2.28. The van der Waals surface area contributed by atoms with Gasteiger partial charge in [-0.25, -0.2) is 9.97 Å². The Morgan fingerprint density at radius 2 is 2.12 bits per heavy atom. The third-order valence-electron chi connectivity index (χ3n) is 2.52. The Bertz CT molecular complexity index is 343. The third kappa shape index (κ3) is 4.19. The fraction of sp³-hybridized carbons (Fsp3) is 0.667. The zero-order valence-corrected chi connectivity index (χ0v) is 10.9. The summed E-state index contributed by atoms with van der Waals surface area (Å²) < 4.78 is 5.09. The van der Waals surface area contributed by atoms with E-state index in [9.17, 15) is 0 Å². The number of aromatic nitrogens is 2. The molecular formula is C12H22N4O. The molecule has 0 fully saturated rings. The molecular weight excluding hydrogens is 216 g/mol. The first-order valence-electron chi connectivity index (χ1n) is 6.08. The van der Waals surface area contributed by atoms with Gasteiger partial charge in [0.2, 0.25) is 0 Å². The van der Waals surface area contributed by atoms with E-state index in [4.69, 9.17) is 10.5 Å². The molecule has 0 atom stereocenters. The van der Waals surface area contributed by atoms with E-state index in [-0.39, 0.29) is 0 Å². The normalized spacial score (nSPS) is 10.5. The van der Waals surface area contributed by atoms with Gasteiger partial charge in [-0.05, 0) is 13.3 Å². The Labute approximate surface area is 103 Å². The number of rotatable bonds is 7. The van der Waals surface area contributed by atoms with Crippen molar-refractivity contribution >= 4 is 11.6 Å². The van der Waals surface area contributed by atoms with Crippen molar-refractivity contribution in [3.05, 3.63) is 11.9 Å². The second kappa shape index (κ2) is 7.06. The molecule has 0 aliphatic carbocycles. The number of ether oxygens (including phenoxy) is 1. The van der Waals surface area contributed by atoms with Crippen molar-refractivity contribution in [3.8, 4) is 0 Å². The molecule has 96 valence electrons. The number of aryl methyl sites for hydroxylation is 1. The molecule has 0 aliphatic rings. The first-order valence-corrected chi connectivity index (χ1v) is 6.08. The summed E-state index contributed by atoms with van der Waals surface area (Å²) in [4.78, 5) is 10.9. The first kappa shape index (κ1) is 13.7. The van der Waals surface area contributed by atoms with Crippen LogP contribution in [0.25, 0.3) is 0 Å². The number of nitrogen functional groups attached to an aromatic ring is 1. The molecule has 1 rings (SSSR count). The molecule has 1 heterocycles. The molecule has 1 aromatic heterocycles. The fourth-order valence-electron chi connectivity index (χ4n) is 1.64. The van der Waals surface area contributed by atoms with E-state index in [1.54, 1.807) is 7.11 Å². The summed E-state index contributed by atoms with van der Waals surface area (Å²) in [6.45, 7) is 6.57. The summed E-state index contributed by atoms with van der Waals surface area (Å²) in [6, 6.07) is 1.82.